The quantitative estimate of drug-likeness (QED) is 0.230. The highest BCUT2D eigenvalue weighted by Gasteiger charge is 2.02. The second-order valence-electron chi connectivity index (χ2n) is 2.69. The van der Waals surface area contributed by atoms with Gasteiger partial charge in [0.2, 0.25) is 5.11 Å². The highest BCUT2D eigenvalue weighted by Crippen LogP contribution is 2.10. The van der Waals surface area contributed by atoms with E-state index >= 15 is 0 Å². The van der Waals surface area contributed by atoms with Crippen molar-refractivity contribution in [3.63, 3.8) is 0 Å². The summed E-state index contributed by atoms with van der Waals surface area (Å²) in [6, 6.07) is 5.92. The Hall–Kier alpha value is -2.06. The number of nitro benzene ring substituents is 1. The maximum absolute atomic E-state index is 10.4. The molecule has 1 rings (SSSR count). The fourth-order valence-corrected chi connectivity index (χ4v) is 0.933. The van der Waals surface area contributed by atoms with Gasteiger partial charge in [0, 0.05) is 12.1 Å². The third-order valence-electron chi connectivity index (χ3n) is 1.61. The van der Waals surface area contributed by atoms with Crippen molar-refractivity contribution in [2.24, 2.45) is 10.9 Å². The van der Waals surface area contributed by atoms with Crippen LogP contribution in [0.25, 0.3) is 0 Å². The van der Waals surface area contributed by atoms with Crippen LogP contribution in [0.2, 0.25) is 0 Å². The summed E-state index contributed by atoms with van der Waals surface area (Å²) in [4.78, 5) is 9.91. The normalized spacial score (nSPS) is 10.1. The number of hydrazone groups is 1. The molecule has 8 heteroatoms. The number of nitro groups is 1. The number of hydrazine groups is 1. The van der Waals surface area contributed by atoms with Crippen molar-refractivity contribution in [3.05, 3.63) is 39.9 Å². The predicted octanol–water partition coefficient (Wildman–Crippen LogP) is 0.267. The molecule has 1 aromatic rings. The Balaban J connectivity index is 2.61. The minimum Gasteiger partial charge on any atom is -0.300 e. The van der Waals surface area contributed by atoms with Gasteiger partial charge >= 0.3 is 0 Å². The Labute approximate surface area is 96.4 Å². The molecule has 16 heavy (non-hydrogen) atoms. The number of nitrogens with zero attached hydrogens (tertiary/aromatic N) is 2. The molecule has 0 saturated carbocycles. The standard InChI is InChI=1S/C8H9N5O2S/c9-11-8(16)12-10-5-6-1-3-7(4-2-6)13(14)15/h1-5H,9H2,(H2,11,12,16)/b10-5-. The van der Waals surface area contributed by atoms with Crippen molar-refractivity contribution in [3.8, 4) is 0 Å². The molecule has 0 amide bonds. The lowest BCUT2D eigenvalue weighted by Crippen LogP contribution is -2.37. The first kappa shape index (κ1) is 12.0. The Bertz CT molecular complexity index is 417. The number of benzene rings is 1. The van der Waals surface area contributed by atoms with Crippen LogP contribution in [0, 0.1) is 10.1 Å². The van der Waals surface area contributed by atoms with E-state index in [4.69, 9.17) is 5.84 Å². The Morgan fingerprint density at radius 1 is 1.50 bits per heavy atom. The first-order valence-electron chi connectivity index (χ1n) is 4.17. The first-order valence-corrected chi connectivity index (χ1v) is 4.58. The van der Waals surface area contributed by atoms with Crippen molar-refractivity contribution in [2.75, 3.05) is 0 Å². The average molecular weight is 239 g/mol. The summed E-state index contributed by atoms with van der Waals surface area (Å²) < 4.78 is 0. The van der Waals surface area contributed by atoms with Crippen molar-refractivity contribution in [1.29, 1.82) is 0 Å². The number of rotatable bonds is 3. The van der Waals surface area contributed by atoms with Crippen molar-refractivity contribution in [2.45, 2.75) is 0 Å². The smallest absolute Gasteiger partial charge is 0.269 e. The van der Waals surface area contributed by atoms with E-state index in [2.05, 4.69) is 28.2 Å². The zero-order valence-electron chi connectivity index (χ0n) is 8.08. The molecular weight excluding hydrogens is 230 g/mol. The number of hydrogen-bond acceptors (Lipinski definition) is 5. The zero-order valence-corrected chi connectivity index (χ0v) is 8.90. The van der Waals surface area contributed by atoms with E-state index in [1.807, 2.05) is 0 Å². The van der Waals surface area contributed by atoms with Gasteiger partial charge in [-0.3, -0.25) is 21.0 Å². The fourth-order valence-electron chi connectivity index (χ4n) is 0.880. The van der Waals surface area contributed by atoms with Crippen molar-refractivity contribution < 1.29 is 4.92 Å². The molecule has 7 nitrogen and oxygen atoms in total. The van der Waals surface area contributed by atoms with Gasteiger partial charge in [0.05, 0.1) is 11.1 Å². The highest BCUT2D eigenvalue weighted by molar-refractivity contribution is 7.80. The number of non-ortho nitro benzene ring substituents is 1. The van der Waals surface area contributed by atoms with E-state index in [0.717, 1.165) is 0 Å². The van der Waals surface area contributed by atoms with Crippen LogP contribution in [0.5, 0.6) is 0 Å². The number of thiocarbonyl (C=S) groups is 1. The molecule has 1 aromatic carbocycles. The van der Waals surface area contributed by atoms with E-state index in [1.165, 1.54) is 18.3 Å². The molecule has 0 aliphatic carbocycles. The van der Waals surface area contributed by atoms with Crippen LogP contribution in [0.1, 0.15) is 5.56 Å². The van der Waals surface area contributed by atoms with Gasteiger partial charge in [-0.1, -0.05) is 0 Å². The number of nitrogens with one attached hydrogen (secondary N) is 2. The summed E-state index contributed by atoms with van der Waals surface area (Å²) in [7, 11) is 0. The van der Waals surface area contributed by atoms with Gasteiger partial charge in [0.1, 0.15) is 0 Å². The van der Waals surface area contributed by atoms with E-state index < -0.39 is 4.92 Å². The highest BCUT2D eigenvalue weighted by atomic mass is 32.1. The summed E-state index contributed by atoms with van der Waals surface area (Å²) in [5.74, 6) is 5.00. The molecule has 4 N–H and O–H groups in total. The third kappa shape index (κ3) is 3.59. The third-order valence-corrected chi connectivity index (χ3v) is 1.82. The van der Waals surface area contributed by atoms with Crippen LogP contribution in [-0.2, 0) is 0 Å². The Morgan fingerprint density at radius 3 is 2.62 bits per heavy atom. The number of hydrogen-bond donors (Lipinski definition) is 3. The molecule has 0 spiro atoms. The zero-order chi connectivity index (χ0) is 12.0. The molecular formula is C8H9N5O2S. The van der Waals surface area contributed by atoms with E-state index in [9.17, 15) is 10.1 Å². The van der Waals surface area contributed by atoms with Gasteiger partial charge in [-0.15, -0.1) is 0 Å². The molecule has 0 aliphatic heterocycles. The molecule has 0 bridgehead atoms. The number of nitrogens with two attached hydrogens (primary N) is 1. The van der Waals surface area contributed by atoms with E-state index in [1.54, 1.807) is 12.1 Å². The minimum absolute atomic E-state index is 0.0317. The Kier molecular flexibility index (Phi) is 4.30. The van der Waals surface area contributed by atoms with Crippen LogP contribution < -0.4 is 16.7 Å². The van der Waals surface area contributed by atoms with Gasteiger partial charge < -0.3 is 0 Å². The Morgan fingerprint density at radius 2 is 2.12 bits per heavy atom. The second-order valence-corrected chi connectivity index (χ2v) is 3.10. The topological polar surface area (TPSA) is 106 Å². The molecule has 0 heterocycles. The van der Waals surface area contributed by atoms with Gasteiger partial charge in [0.25, 0.3) is 5.69 Å². The van der Waals surface area contributed by atoms with Gasteiger partial charge in [-0.2, -0.15) is 5.10 Å². The summed E-state index contributed by atoms with van der Waals surface area (Å²) in [5, 5.41) is 14.3. The van der Waals surface area contributed by atoms with Crippen LogP contribution in [-0.4, -0.2) is 16.3 Å². The van der Waals surface area contributed by atoms with Gasteiger partial charge in [-0.05, 0) is 29.9 Å². The lowest BCUT2D eigenvalue weighted by atomic mass is 10.2. The molecule has 0 atom stereocenters. The molecule has 0 aromatic heterocycles. The van der Waals surface area contributed by atoms with E-state index in [-0.39, 0.29) is 10.8 Å². The van der Waals surface area contributed by atoms with Gasteiger partial charge in [-0.25, -0.2) is 5.84 Å². The summed E-state index contributed by atoms with van der Waals surface area (Å²) >= 11 is 4.68. The molecule has 0 aliphatic rings. The summed E-state index contributed by atoms with van der Waals surface area (Å²) in [6.45, 7) is 0. The molecule has 84 valence electrons. The van der Waals surface area contributed by atoms with Crippen molar-refractivity contribution >= 4 is 29.2 Å². The predicted molar refractivity (Wildman–Crippen MR) is 63.7 cm³/mol. The summed E-state index contributed by atoms with van der Waals surface area (Å²) in [6.07, 6.45) is 1.47. The van der Waals surface area contributed by atoms with Crippen LogP contribution in [0.3, 0.4) is 0 Å². The van der Waals surface area contributed by atoms with Gasteiger partial charge in [0.15, 0.2) is 0 Å². The summed E-state index contributed by atoms with van der Waals surface area (Å²) in [5.41, 5.74) is 5.38. The van der Waals surface area contributed by atoms with Crippen molar-refractivity contribution in [1.82, 2.24) is 10.9 Å². The molecule has 0 unspecified atom stereocenters. The lowest BCUT2D eigenvalue weighted by molar-refractivity contribution is -0.384. The molecule has 0 radical (unpaired) electrons. The fraction of sp³-hybridized carbons (Fsp3) is 0. The SMILES string of the molecule is NNC(=S)N/N=C\c1ccc([N+](=O)[O-])cc1. The van der Waals surface area contributed by atoms with Crippen LogP contribution in [0.4, 0.5) is 5.69 Å². The maximum atomic E-state index is 10.4. The van der Waals surface area contributed by atoms with Crippen LogP contribution >= 0.6 is 12.2 Å². The van der Waals surface area contributed by atoms with Crippen LogP contribution in [0.15, 0.2) is 29.4 Å². The minimum atomic E-state index is -0.466. The maximum Gasteiger partial charge on any atom is 0.269 e. The van der Waals surface area contributed by atoms with E-state index in [0.29, 0.717) is 5.56 Å². The average Bonchev–Trinajstić information content (AvgIpc) is 2.29. The molecule has 0 saturated heterocycles. The lowest BCUT2D eigenvalue weighted by Gasteiger charge is -1.99. The first-order chi connectivity index (χ1) is 7.63. The monoisotopic (exact) mass is 239 g/mol. The molecule has 0 fully saturated rings. The second kappa shape index (κ2) is 5.73. The largest absolute Gasteiger partial charge is 0.300 e.